The number of amides is 1. The zero-order valence-electron chi connectivity index (χ0n) is 25.1. The average molecular weight is 543 g/mol. The number of rotatable bonds is 10. The number of carbonyl (C=O) groups is 2. The molecule has 40 heavy (non-hydrogen) atoms. The minimum absolute atomic E-state index is 0.000780. The first-order chi connectivity index (χ1) is 19.0. The molecule has 0 saturated carbocycles. The molecule has 3 aromatic rings. The van der Waals surface area contributed by atoms with Gasteiger partial charge in [0.25, 0.3) is 0 Å². The van der Waals surface area contributed by atoms with Gasteiger partial charge < -0.3 is 10.0 Å². The largest absolute Gasteiger partial charge is 0.481 e. The van der Waals surface area contributed by atoms with Crippen LogP contribution in [0.2, 0.25) is 0 Å². The van der Waals surface area contributed by atoms with Crippen LogP contribution in [0.25, 0.3) is 11.1 Å². The van der Waals surface area contributed by atoms with Crippen molar-refractivity contribution in [2.24, 2.45) is 0 Å². The van der Waals surface area contributed by atoms with Gasteiger partial charge in [0.2, 0.25) is 5.91 Å². The van der Waals surface area contributed by atoms with Gasteiger partial charge in [-0.3, -0.25) is 15.0 Å². The van der Waals surface area contributed by atoms with Gasteiger partial charge in [-0.15, -0.1) is 0 Å². The first kappa shape index (κ1) is 32.5. The predicted octanol–water partition coefficient (Wildman–Crippen LogP) is 8.09. The topological polar surface area (TPSA) is 81.5 Å². The number of nitrogens with zero attached hydrogens (tertiary/aromatic N) is 1. The van der Waals surface area contributed by atoms with Gasteiger partial charge in [0.1, 0.15) is 5.84 Å². The highest BCUT2D eigenvalue weighted by Gasteiger charge is 2.14. The normalized spacial score (nSPS) is 10.8. The third kappa shape index (κ3) is 10.4. The molecule has 0 aliphatic heterocycles. The lowest BCUT2D eigenvalue weighted by atomic mass is 9.86. The summed E-state index contributed by atoms with van der Waals surface area (Å²) in [5, 5.41) is 17.0. The smallest absolute Gasteiger partial charge is 0.307 e. The highest BCUT2D eigenvalue weighted by atomic mass is 16.4. The van der Waals surface area contributed by atoms with Crippen LogP contribution in [0.3, 0.4) is 0 Å². The summed E-state index contributed by atoms with van der Waals surface area (Å²) in [6, 6.07) is 24.8. The summed E-state index contributed by atoms with van der Waals surface area (Å²) in [5.41, 5.74) is 7.23. The number of carbonyl (C=O) groups excluding carboxylic acids is 1. The first-order valence-corrected chi connectivity index (χ1v) is 14.4. The van der Waals surface area contributed by atoms with Crippen LogP contribution >= 0.6 is 0 Å². The van der Waals surface area contributed by atoms with Crippen molar-refractivity contribution in [2.45, 2.75) is 85.5 Å². The molecule has 2 N–H and O–H groups in total. The van der Waals surface area contributed by atoms with Gasteiger partial charge >= 0.3 is 5.97 Å². The lowest BCUT2D eigenvalue weighted by Crippen LogP contribution is -2.35. The Kier molecular flexibility index (Phi) is 12.8. The molecule has 5 heteroatoms. The van der Waals surface area contributed by atoms with Crippen LogP contribution in [0, 0.1) is 5.41 Å². The van der Waals surface area contributed by atoms with Crippen LogP contribution in [0.4, 0.5) is 0 Å². The van der Waals surface area contributed by atoms with E-state index in [1.807, 2.05) is 50.2 Å². The van der Waals surface area contributed by atoms with Gasteiger partial charge in [-0.05, 0) is 65.0 Å². The maximum atomic E-state index is 11.9. The molecule has 0 unspecified atom stereocenters. The molecular weight excluding hydrogens is 496 g/mol. The summed E-state index contributed by atoms with van der Waals surface area (Å²) in [6.45, 7) is 13.2. The van der Waals surface area contributed by atoms with Crippen LogP contribution in [-0.4, -0.2) is 34.3 Å². The third-order valence-electron chi connectivity index (χ3n) is 6.92. The highest BCUT2D eigenvalue weighted by Crippen LogP contribution is 2.23. The second-order valence-corrected chi connectivity index (χ2v) is 11.1. The number of carboxylic acids is 1. The van der Waals surface area contributed by atoms with E-state index in [0.29, 0.717) is 25.2 Å². The highest BCUT2D eigenvalue weighted by molar-refractivity contribution is 5.96. The van der Waals surface area contributed by atoms with E-state index >= 15 is 0 Å². The van der Waals surface area contributed by atoms with E-state index in [9.17, 15) is 9.59 Å². The minimum atomic E-state index is -0.831. The number of carboxylic acid groups (broad SMARTS) is 1. The molecule has 0 saturated heterocycles. The van der Waals surface area contributed by atoms with Crippen LogP contribution in [0.15, 0.2) is 72.8 Å². The molecule has 0 aromatic heterocycles. The Balaban J connectivity index is 0.000000389. The van der Waals surface area contributed by atoms with E-state index in [1.165, 1.54) is 16.7 Å². The van der Waals surface area contributed by atoms with Crippen LogP contribution in [0.1, 0.15) is 83.1 Å². The Morgan fingerprint density at radius 2 is 1.45 bits per heavy atom. The number of nitrogens with one attached hydrogen (secondary N) is 1. The molecule has 1 amide bonds. The fourth-order valence-corrected chi connectivity index (χ4v) is 4.44. The van der Waals surface area contributed by atoms with E-state index in [-0.39, 0.29) is 17.7 Å². The maximum Gasteiger partial charge on any atom is 0.307 e. The minimum Gasteiger partial charge on any atom is -0.481 e. The molecule has 0 bridgehead atoms. The zero-order valence-corrected chi connectivity index (χ0v) is 25.1. The summed E-state index contributed by atoms with van der Waals surface area (Å²) in [5.74, 6) is -0.442. The summed E-state index contributed by atoms with van der Waals surface area (Å²) < 4.78 is 0. The summed E-state index contributed by atoms with van der Waals surface area (Å²) >= 11 is 0. The van der Waals surface area contributed by atoms with E-state index < -0.39 is 5.97 Å². The molecule has 0 heterocycles. The van der Waals surface area contributed by atoms with Crippen molar-refractivity contribution in [1.29, 1.82) is 5.41 Å². The summed E-state index contributed by atoms with van der Waals surface area (Å²) in [4.78, 5) is 24.2. The van der Waals surface area contributed by atoms with Gasteiger partial charge in [0.15, 0.2) is 0 Å². The Bertz CT molecular complexity index is 1240. The van der Waals surface area contributed by atoms with Gasteiger partial charge in [0, 0.05) is 19.4 Å². The molecule has 5 nitrogen and oxygen atoms in total. The van der Waals surface area contributed by atoms with Crippen molar-refractivity contribution >= 4 is 17.7 Å². The second-order valence-electron chi connectivity index (χ2n) is 11.1. The van der Waals surface area contributed by atoms with Crippen molar-refractivity contribution in [3.05, 3.63) is 95.1 Å². The molecule has 0 radical (unpaired) electrons. The lowest BCUT2D eigenvalue weighted by molar-refractivity contribution is -0.136. The van der Waals surface area contributed by atoms with E-state index in [4.69, 9.17) is 10.5 Å². The van der Waals surface area contributed by atoms with Gasteiger partial charge in [-0.25, -0.2) is 0 Å². The molecule has 214 valence electrons. The van der Waals surface area contributed by atoms with Crippen molar-refractivity contribution in [3.63, 3.8) is 0 Å². The lowest BCUT2D eigenvalue weighted by Gasteiger charge is -2.21. The molecule has 0 spiro atoms. The number of hydrogen-bond donors (Lipinski definition) is 2. The molecule has 0 fully saturated rings. The monoisotopic (exact) mass is 542 g/mol. The Hall–Kier alpha value is -3.73. The summed E-state index contributed by atoms with van der Waals surface area (Å²) in [6.07, 6.45) is 3.81. The third-order valence-corrected chi connectivity index (χ3v) is 6.92. The molecule has 0 aliphatic carbocycles. The zero-order chi connectivity index (χ0) is 29.7. The fourth-order valence-electron chi connectivity index (χ4n) is 4.44. The van der Waals surface area contributed by atoms with Crippen molar-refractivity contribution in [3.8, 4) is 11.1 Å². The molecular formula is C35H46N2O3. The molecule has 0 atom stereocenters. The fraction of sp³-hybridized carbons (Fsp3) is 0.400. The molecule has 0 aliphatic rings. The van der Waals surface area contributed by atoms with Gasteiger partial charge in [0.05, 0.1) is 6.42 Å². The average Bonchev–Trinajstić information content (AvgIpc) is 2.93. The number of aryl methyl sites for hydroxylation is 2. The maximum absolute atomic E-state index is 11.9. The first-order valence-electron chi connectivity index (χ1n) is 14.4. The Morgan fingerprint density at radius 1 is 0.825 bits per heavy atom. The van der Waals surface area contributed by atoms with E-state index in [0.717, 1.165) is 36.0 Å². The SMILES string of the molecule is CCC(=O)N(CC)C(=N)CCCc1cccc(-c2ccc(CC(=O)O)cc2)c1.CCc1ccc(C(C)(C)C)cc1. The Labute approximate surface area is 240 Å². The van der Waals surface area contributed by atoms with Crippen molar-refractivity contribution < 1.29 is 14.7 Å². The number of amidine groups is 1. The molecule has 3 rings (SSSR count). The van der Waals surface area contributed by atoms with Gasteiger partial charge in [-0.1, -0.05) is 107 Å². The van der Waals surface area contributed by atoms with E-state index in [1.54, 1.807) is 4.90 Å². The number of hydrogen-bond acceptors (Lipinski definition) is 3. The van der Waals surface area contributed by atoms with E-state index in [2.05, 4.69) is 64.1 Å². The Morgan fingerprint density at radius 3 is 1.98 bits per heavy atom. The predicted molar refractivity (Wildman–Crippen MR) is 166 cm³/mol. The van der Waals surface area contributed by atoms with Crippen molar-refractivity contribution in [1.82, 2.24) is 4.90 Å². The van der Waals surface area contributed by atoms with Crippen LogP contribution in [0.5, 0.6) is 0 Å². The summed E-state index contributed by atoms with van der Waals surface area (Å²) in [7, 11) is 0. The van der Waals surface area contributed by atoms with Crippen LogP contribution in [-0.2, 0) is 34.3 Å². The van der Waals surface area contributed by atoms with Crippen LogP contribution < -0.4 is 0 Å². The number of aliphatic carboxylic acids is 1. The quantitative estimate of drug-likeness (QED) is 0.201. The van der Waals surface area contributed by atoms with Gasteiger partial charge in [-0.2, -0.15) is 0 Å². The standard InChI is InChI=1S/C23H28N2O3.C12H18/c1-3-22(26)25(4-2)21(24)10-6-8-17-7-5-9-20(15-17)19-13-11-18(12-14-19)16-23(27)28;1-5-10-6-8-11(9-7-10)12(2,3)4/h5,7,9,11-15,24H,3-4,6,8,10,16H2,1-2H3,(H,27,28);6-9H,5H2,1-4H3. The molecule has 3 aromatic carbocycles. The van der Waals surface area contributed by atoms with Crippen molar-refractivity contribution in [2.75, 3.05) is 6.54 Å². The number of benzene rings is 3. The second kappa shape index (κ2) is 15.8.